The van der Waals surface area contributed by atoms with Gasteiger partial charge in [-0.25, -0.2) is 18.0 Å². The van der Waals surface area contributed by atoms with Crippen LogP contribution in [0.15, 0.2) is 48.5 Å². The molecule has 0 spiro atoms. The van der Waals surface area contributed by atoms with Crippen molar-refractivity contribution in [2.24, 2.45) is 0 Å². The number of carboxylic acid groups (broad SMARTS) is 1. The number of aromatic carboxylic acids is 1. The van der Waals surface area contributed by atoms with E-state index in [2.05, 4.69) is 4.72 Å². The number of rotatable bonds is 6. The number of ether oxygens (including phenoxy) is 1. The number of benzene rings is 2. The van der Waals surface area contributed by atoms with Gasteiger partial charge in [-0.3, -0.25) is 4.72 Å². The van der Waals surface area contributed by atoms with Gasteiger partial charge in [0.1, 0.15) is 5.60 Å². The molecule has 0 unspecified atom stereocenters. The Balaban J connectivity index is 1.79. The van der Waals surface area contributed by atoms with Gasteiger partial charge in [-0.15, -0.1) is 0 Å². The van der Waals surface area contributed by atoms with Gasteiger partial charge in [0.25, 0.3) is 0 Å². The van der Waals surface area contributed by atoms with Crippen LogP contribution in [-0.4, -0.2) is 49.2 Å². The van der Waals surface area contributed by atoms with Gasteiger partial charge in [0.05, 0.1) is 17.0 Å². The van der Waals surface area contributed by atoms with E-state index in [1.807, 2.05) is 26.8 Å². The quantitative estimate of drug-likeness (QED) is 0.640. The molecule has 8 nitrogen and oxygen atoms in total. The van der Waals surface area contributed by atoms with Crippen LogP contribution in [0.25, 0.3) is 0 Å². The summed E-state index contributed by atoms with van der Waals surface area (Å²) in [5, 5.41) is 9.40. The number of hydrogen-bond acceptors (Lipinski definition) is 5. The highest BCUT2D eigenvalue weighted by molar-refractivity contribution is 7.91. The van der Waals surface area contributed by atoms with Crippen molar-refractivity contribution in [3.8, 4) is 0 Å². The molecule has 0 aromatic heterocycles. The average Bonchev–Trinajstić information content (AvgIpc) is 2.72. The first-order valence-corrected chi connectivity index (χ1v) is 12.5. The molecule has 1 saturated heterocycles. The summed E-state index contributed by atoms with van der Waals surface area (Å²) in [7, 11) is -3.76. The molecule has 2 aromatic rings. The fraction of sp³-hybridized carbons (Fsp3) is 0.417. The molecule has 33 heavy (non-hydrogen) atoms. The van der Waals surface area contributed by atoms with Crippen LogP contribution in [0.3, 0.4) is 0 Å². The molecule has 178 valence electrons. The van der Waals surface area contributed by atoms with Crippen LogP contribution in [-0.2, 0) is 20.5 Å². The van der Waals surface area contributed by atoms with Gasteiger partial charge in [-0.1, -0.05) is 36.4 Å². The Morgan fingerprint density at radius 2 is 1.73 bits per heavy atom. The Kier molecular flexibility index (Phi) is 7.31. The Labute approximate surface area is 194 Å². The van der Waals surface area contributed by atoms with E-state index in [9.17, 15) is 23.1 Å². The lowest BCUT2D eigenvalue weighted by Crippen LogP contribution is -2.41. The molecular formula is C24H30N2O6S. The van der Waals surface area contributed by atoms with Crippen molar-refractivity contribution in [2.75, 3.05) is 17.8 Å². The Morgan fingerprint density at radius 1 is 1.09 bits per heavy atom. The second-order valence-corrected chi connectivity index (χ2v) is 10.9. The summed E-state index contributed by atoms with van der Waals surface area (Å²) >= 11 is 0. The number of hydrogen-bond donors (Lipinski definition) is 2. The molecule has 0 atom stereocenters. The van der Waals surface area contributed by atoms with Crippen molar-refractivity contribution in [1.82, 2.24) is 4.90 Å². The minimum absolute atomic E-state index is 0.00218. The number of nitrogens with zero attached hydrogens (tertiary/aromatic N) is 1. The summed E-state index contributed by atoms with van der Waals surface area (Å²) in [6.07, 6.45) is 0.851. The van der Waals surface area contributed by atoms with Crippen LogP contribution in [0.1, 0.15) is 61.0 Å². The molecule has 0 saturated carbocycles. The van der Waals surface area contributed by atoms with Gasteiger partial charge >= 0.3 is 12.1 Å². The smallest absolute Gasteiger partial charge is 0.410 e. The van der Waals surface area contributed by atoms with E-state index in [-0.39, 0.29) is 29.0 Å². The first-order valence-electron chi connectivity index (χ1n) is 10.8. The van der Waals surface area contributed by atoms with Crippen LogP contribution < -0.4 is 4.72 Å². The SMILES string of the molecule is CC(C)(C)OC(=O)N1CCC(c2ccc(C(=O)O)cc2NS(=O)(=O)Cc2ccccc2)CC1. The molecule has 0 radical (unpaired) electrons. The number of sulfonamides is 1. The number of carbonyl (C=O) groups excluding carboxylic acids is 1. The van der Waals surface area contributed by atoms with E-state index < -0.39 is 21.6 Å². The second-order valence-electron chi connectivity index (χ2n) is 9.20. The third-order valence-electron chi connectivity index (χ3n) is 5.35. The molecule has 2 N–H and O–H groups in total. The monoisotopic (exact) mass is 474 g/mol. The third kappa shape index (κ3) is 6.95. The maximum Gasteiger partial charge on any atom is 0.410 e. The van der Waals surface area contributed by atoms with E-state index in [0.717, 1.165) is 5.56 Å². The Hall–Kier alpha value is -3.07. The maximum absolute atomic E-state index is 12.8. The van der Waals surface area contributed by atoms with Gasteiger partial charge in [0.15, 0.2) is 0 Å². The van der Waals surface area contributed by atoms with E-state index in [0.29, 0.717) is 31.5 Å². The van der Waals surface area contributed by atoms with Crippen molar-refractivity contribution in [2.45, 2.75) is 50.9 Å². The number of amides is 1. The number of likely N-dealkylation sites (tertiary alicyclic amines) is 1. The van der Waals surface area contributed by atoms with Gasteiger partial charge in [0.2, 0.25) is 10.0 Å². The maximum atomic E-state index is 12.8. The number of nitrogens with one attached hydrogen (secondary N) is 1. The van der Waals surface area contributed by atoms with Gasteiger partial charge in [-0.05, 0) is 62.8 Å². The zero-order valence-corrected chi connectivity index (χ0v) is 19.9. The number of piperidine rings is 1. The first kappa shape index (κ1) is 24.6. The van der Waals surface area contributed by atoms with E-state index in [1.54, 1.807) is 35.2 Å². The molecule has 1 aliphatic heterocycles. The molecule has 3 rings (SSSR count). The number of anilines is 1. The lowest BCUT2D eigenvalue weighted by Gasteiger charge is -2.34. The summed E-state index contributed by atoms with van der Waals surface area (Å²) in [5.74, 6) is -1.38. The minimum atomic E-state index is -3.76. The fourth-order valence-electron chi connectivity index (χ4n) is 3.83. The fourth-order valence-corrected chi connectivity index (χ4v) is 5.05. The summed E-state index contributed by atoms with van der Waals surface area (Å²) < 4.78 is 33.7. The highest BCUT2D eigenvalue weighted by Crippen LogP contribution is 2.35. The number of carboxylic acids is 1. The van der Waals surface area contributed by atoms with Crippen LogP contribution in [0.5, 0.6) is 0 Å². The van der Waals surface area contributed by atoms with Crippen molar-refractivity contribution < 1.29 is 27.9 Å². The molecule has 1 amide bonds. The van der Waals surface area contributed by atoms with E-state index >= 15 is 0 Å². The van der Waals surface area contributed by atoms with Gasteiger partial charge in [0, 0.05) is 13.1 Å². The minimum Gasteiger partial charge on any atom is -0.478 e. The summed E-state index contributed by atoms with van der Waals surface area (Å²) in [5.41, 5.74) is 1.04. The molecule has 1 fully saturated rings. The van der Waals surface area contributed by atoms with Crippen molar-refractivity contribution in [1.29, 1.82) is 0 Å². The van der Waals surface area contributed by atoms with Crippen molar-refractivity contribution >= 4 is 27.8 Å². The van der Waals surface area contributed by atoms with Crippen LogP contribution in [0.4, 0.5) is 10.5 Å². The molecule has 2 aromatic carbocycles. The Bertz CT molecular complexity index is 1100. The summed E-state index contributed by atoms with van der Waals surface area (Å²) in [6, 6.07) is 13.3. The molecule has 1 heterocycles. The van der Waals surface area contributed by atoms with E-state index in [4.69, 9.17) is 4.74 Å². The van der Waals surface area contributed by atoms with Crippen molar-refractivity contribution in [3.63, 3.8) is 0 Å². The molecule has 9 heteroatoms. The van der Waals surface area contributed by atoms with Crippen LogP contribution in [0, 0.1) is 0 Å². The van der Waals surface area contributed by atoms with Crippen LogP contribution in [0.2, 0.25) is 0 Å². The highest BCUT2D eigenvalue weighted by atomic mass is 32.2. The topological polar surface area (TPSA) is 113 Å². The predicted octanol–water partition coefficient (Wildman–Crippen LogP) is 4.44. The molecule has 0 aliphatic carbocycles. The second kappa shape index (κ2) is 9.82. The van der Waals surface area contributed by atoms with Gasteiger partial charge < -0.3 is 14.7 Å². The highest BCUT2D eigenvalue weighted by Gasteiger charge is 2.29. The van der Waals surface area contributed by atoms with Crippen molar-refractivity contribution in [3.05, 3.63) is 65.2 Å². The zero-order chi connectivity index (χ0) is 24.2. The standard InChI is InChI=1S/C24H30N2O6S/c1-24(2,3)32-23(29)26-13-11-18(12-14-26)20-10-9-19(22(27)28)15-21(20)25-33(30,31)16-17-7-5-4-6-8-17/h4-10,15,18,25H,11-14,16H2,1-3H3,(H,27,28). The molecule has 0 bridgehead atoms. The Morgan fingerprint density at radius 3 is 2.30 bits per heavy atom. The predicted molar refractivity (Wildman–Crippen MR) is 126 cm³/mol. The third-order valence-corrected chi connectivity index (χ3v) is 6.60. The molecule has 1 aliphatic rings. The molecular weight excluding hydrogens is 444 g/mol. The summed E-state index contributed by atoms with van der Waals surface area (Å²) in [6.45, 7) is 6.38. The number of carbonyl (C=O) groups is 2. The summed E-state index contributed by atoms with van der Waals surface area (Å²) in [4.78, 5) is 25.5. The lowest BCUT2D eigenvalue weighted by atomic mass is 9.88. The largest absolute Gasteiger partial charge is 0.478 e. The lowest BCUT2D eigenvalue weighted by molar-refractivity contribution is 0.0204. The first-order chi connectivity index (χ1) is 15.4. The normalized spacial score (nSPS) is 15.2. The zero-order valence-electron chi connectivity index (χ0n) is 19.1. The van der Waals surface area contributed by atoms with Gasteiger partial charge in [-0.2, -0.15) is 0 Å². The van der Waals surface area contributed by atoms with Crippen LogP contribution >= 0.6 is 0 Å². The van der Waals surface area contributed by atoms with E-state index in [1.165, 1.54) is 12.1 Å². The average molecular weight is 475 g/mol.